The third kappa shape index (κ3) is 3.54. The van der Waals surface area contributed by atoms with Gasteiger partial charge in [-0.2, -0.15) is 0 Å². The number of aryl methyl sites for hydroxylation is 1. The zero-order valence-electron chi connectivity index (χ0n) is 18.9. The fourth-order valence-corrected chi connectivity index (χ4v) is 8.51. The Morgan fingerprint density at radius 2 is 1.77 bits per heavy atom. The summed E-state index contributed by atoms with van der Waals surface area (Å²) in [5.41, 5.74) is 4.15. The molecule has 1 atom stereocenters. The van der Waals surface area contributed by atoms with Gasteiger partial charge < -0.3 is 9.84 Å². The first kappa shape index (κ1) is 20.2. The normalized spacial score (nSPS) is 38.0. The number of likely N-dealkylation sites (tertiary alicyclic amines) is 1. The third-order valence-electron chi connectivity index (χ3n) is 9.68. The molecule has 4 saturated carbocycles. The lowest BCUT2D eigenvalue weighted by Gasteiger charge is -2.54. The average Bonchev–Trinajstić information content (AvgIpc) is 3.00. The summed E-state index contributed by atoms with van der Waals surface area (Å²) in [6.45, 7) is 5.05. The van der Waals surface area contributed by atoms with E-state index in [2.05, 4.69) is 30.0 Å². The Morgan fingerprint density at radius 3 is 2.42 bits per heavy atom. The van der Waals surface area contributed by atoms with E-state index < -0.39 is 5.97 Å². The van der Waals surface area contributed by atoms with Crippen LogP contribution in [0.25, 0.3) is 0 Å². The molecule has 1 aromatic carbocycles. The van der Waals surface area contributed by atoms with Gasteiger partial charge in [0, 0.05) is 13.1 Å². The molecule has 1 spiro atoms. The Balaban J connectivity index is 1.10. The summed E-state index contributed by atoms with van der Waals surface area (Å²) < 4.78 is 6.62. The molecule has 7 rings (SSSR count). The summed E-state index contributed by atoms with van der Waals surface area (Å²) in [5, 5.41) is 9.45. The van der Waals surface area contributed by atoms with Gasteiger partial charge in [-0.15, -0.1) is 0 Å². The molecule has 0 aromatic heterocycles. The highest BCUT2D eigenvalue weighted by Crippen LogP contribution is 2.55. The lowest BCUT2D eigenvalue weighted by molar-refractivity contribution is -0.151. The molecule has 1 N–H and O–H groups in total. The topological polar surface area (TPSA) is 49.8 Å². The summed E-state index contributed by atoms with van der Waals surface area (Å²) in [6.07, 6.45) is 11.2. The second-order valence-corrected chi connectivity index (χ2v) is 11.7. The van der Waals surface area contributed by atoms with E-state index in [1.165, 1.54) is 48.8 Å². The van der Waals surface area contributed by atoms with Crippen molar-refractivity contribution in [1.29, 1.82) is 0 Å². The van der Waals surface area contributed by atoms with Crippen LogP contribution in [0.3, 0.4) is 0 Å². The van der Waals surface area contributed by atoms with Crippen LogP contribution in [-0.2, 0) is 14.9 Å². The average molecular weight is 424 g/mol. The van der Waals surface area contributed by atoms with E-state index in [0.717, 1.165) is 62.8 Å². The maximum Gasteiger partial charge on any atom is 0.303 e. The molecule has 1 heterocycles. The molecule has 1 aromatic rings. The summed E-state index contributed by atoms with van der Waals surface area (Å²) in [5.74, 6) is 3.16. The molecule has 5 aliphatic carbocycles. The number of fused-ring (bicyclic) bond motifs is 2. The summed E-state index contributed by atoms with van der Waals surface area (Å²) in [7, 11) is 0. The molecule has 5 fully saturated rings. The number of carboxylic acid groups (broad SMARTS) is 1. The number of benzene rings is 1. The molecule has 0 amide bonds. The molecule has 1 aliphatic heterocycles. The SMILES string of the molecule is Cc1ccc2c(c1)C(CC(=O)O)CC21CCN(COC2C3CC4CC(C3)CC2C4)CC1. The first-order chi connectivity index (χ1) is 15.0. The van der Waals surface area contributed by atoms with Crippen molar-refractivity contribution in [3.8, 4) is 0 Å². The van der Waals surface area contributed by atoms with Gasteiger partial charge in [0.15, 0.2) is 0 Å². The second kappa shape index (κ2) is 7.59. The maximum atomic E-state index is 11.5. The van der Waals surface area contributed by atoms with E-state index >= 15 is 0 Å². The standard InChI is InChI=1S/C27H37NO3/c1-17-2-3-24-23(8-17)22(14-25(29)30)15-27(24)4-6-28(7-5-27)16-31-26-20-10-18-9-19(12-20)13-21(26)11-18/h2-3,8,18-22,26H,4-7,9-16H2,1H3,(H,29,30). The van der Waals surface area contributed by atoms with Crippen molar-refractivity contribution in [2.24, 2.45) is 23.7 Å². The highest BCUT2D eigenvalue weighted by Gasteiger charge is 2.49. The lowest BCUT2D eigenvalue weighted by Crippen LogP contribution is -2.51. The summed E-state index contributed by atoms with van der Waals surface area (Å²) in [6, 6.07) is 6.76. The Morgan fingerprint density at radius 1 is 1.10 bits per heavy atom. The van der Waals surface area contributed by atoms with Crippen molar-refractivity contribution < 1.29 is 14.6 Å². The number of hydrogen-bond acceptors (Lipinski definition) is 3. The predicted octanol–water partition coefficient (Wildman–Crippen LogP) is 5.09. The van der Waals surface area contributed by atoms with Crippen LogP contribution < -0.4 is 0 Å². The zero-order valence-corrected chi connectivity index (χ0v) is 18.9. The number of piperidine rings is 1. The molecule has 0 radical (unpaired) electrons. The van der Waals surface area contributed by atoms with Crippen molar-refractivity contribution in [2.75, 3.05) is 19.8 Å². The van der Waals surface area contributed by atoms with E-state index in [1.807, 2.05) is 0 Å². The molecule has 168 valence electrons. The number of carboxylic acids is 1. The van der Waals surface area contributed by atoms with E-state index in [4.69, 9.17) is 4.74 Å². The molecule has 4 heteroatoms. The monoisotopic (exact) mass is 423 g/mol. The molecule has 1 saturated heterocycles. The minimum absolute atomic E-state index is 0.169. The van der Waals surface area contributed by atoms with Gasteiger partial charge in [-0.3, -0.25) is 9.69 Å². The van der Waals surface area contributed by atoms with Gasteiger partial charge in [0.2, 0.25) is 0 Å². The van der Waals surface area contributed by atoms with E-state index in [0.29, 0.717) is 6.10 Å². The highest BCUT2D eigenvalue weighted by molar-refractivity contribution is 5.69. The van der Waals surface area contributed by atoms with Crippen molar-refractivity contribution in [3.05, 3.63) is 34.9 Å². The Bertz CT molecular complexity index is 828. The van der Waals surface area contributed by atoms with Crippen molar-refractivity contribution >= 4 is 5.97 Å². The maximum absolute atomic E-state index is 11.5. The van der Waals surface area contributed by atoms with Crippen LogP contribution in [0.1, 0.15) is 80.4 Å². The molecule has 31 heavy (non-hydrogen) atoms. The summed E-state index contributed by atoms with van der Waals surface area (Å²) >= 11 is 0. The smallest absolute Gasteiger partial charge is 0.303 e. The molecule has 1 unspecified atom stereocenters. The van der Waals surface area contributed by atoms with Gasteiger partial charge in [-0.05, 0) is 104 Å². The van der Waals surface area contributed by atoms with Crippen LogP contribution in [0.2, 0.25) is 0 Å². The second-order valence-electron chi connectivity index (χ2n) is 11.7. The van der Waals surface area contributed by atoms with Crippen LogP contribution in [-0.4, -0.2) is 41.9 Å². The van der Waals surface area contributed by atoms with Gasteiger partial charge in [-0.1, -0.05) is 23.8 Å². The van der Waals surface area contributed by atoms with Crippen LogP contribution in [0.15, 0.2) is 18.2 Å². The van der Waals surface area contributed by atoms with Gasteiger partial charge >= 0.3 is 5.97 Å². The number of ether oxygens (including phenoxy) is 1. The van der Waals surface area contributed by atoms with E-state index in [-0.39, 0.29) is 17.8 Å². The minimum atomic E-state index is -0.670. The number of aliphatic carboxylic acids is 1. The van der Waals surface area contributed by atoms with Crippen LogP contribution in [0, 0.1) is 30.6 Å². The first-order valence-electron chi connectivity index (χ1n) is 12.7. The van der Waals surface area contributed by atoms with Crippen LogP contribution >= 0.6 is 0 Å². The van der Waals surface area contributed by atoms with E-state index in [1.54, 1.807) is 0 Å². The number of hydrogen-bond donors (Lipinski definition) is 1. The fourth-order valence-electron chi connectivity index (χ4n) is 8.51. The summed E-state index contributed by atoms with van der Waals surface area (Å²) in [4.78, 5) is 14.0. The van der Waals surface area contributed by atoms with E-state index in [9.17, 15) is 9.90 Å². The molecule has 4 nitrogen and oxygen atoms in total. The molecule has 6 aliphatic rings. The predicted molar refractivity (Wildman–Crippen MR) is 120 cm³/mol. The van der Waals surface area contributed by atoms with Crippen molar-refractivity contribution in [3.63, 3.8) is 0 Å². The quantitative estimate of drug-likeness (QED) is 0.717. The van der Waals surface area contributed by atoms with Crippen LogP contribution in [0.5, 0.6) is 0 Å². The third-order valence-corrected chi connectivity index (χ3v) is 9.68. The Kier molecular flexibility index (Phi) is 4.95. The highest BCUT2D eigenvalue weighted by atomic mass is 16.5. The van der Waals surface area contributed by atoms with Gasteiger partial charge in [-0.25, -0.2) is 0 Å². The number of carbonyl (C=O) groups is 1. The van der Waals surface area contributed by atoms with Gasteiger partial charge in [0.05, 0.1) is 19.3 Å². The van der Waals surface area contributed by atoms with Gasteiger partial charge in [0.1, 0.15) is 0 Å². The minimum Gasteiger partial charge on any atom is -0.481 e. The first-order valence-corrected chi connectivity index (χ1v) is 12.7. The fraction of sp³-hybridized carbons (Fsp3) is 0.741. The Hall–Kier alpha value is -1.39. The Labute approximate surface area is 186 Å². The lowest BCUT2D eigenvalue weighted by atomic mass is 9.55. The zero-order chi connectivity index (χ0) is 21.2. The largest absolute Gasteiger partial charge is 0.481 e. The molecular weight excluding hydrogens is 386 g/mol. The molecule has 4 bridgehead atoms. The van der Waals surface area contributed by atoms with Crippen LogP contribution in [0.4, 0.5) is 0 Å². The van der Waals surface area contributed by atoms with Crippen molar-refractivity contribution in [2.45, 2.75) is 82.1 Å². The number of rotatable bonds is 5. The molecular formula is C27H37NO3. The van der Waals surface area contributed by atoms with Crippen molar-refractivity contribution in [1.82, 2.24) is 4.90 Å². The van der Waals surface area contributed by atoms with Gasteiger partial charge in [0.25, 0.3) is 0 Å². The number of nitrogens with zero attached hydrogens (tertiary/aromatic N) is 1.